The zero-order chi connectivity index (χ0) is 24.6. The highest BCUT2D eigenvalue weighted by molar-refractivity contribution is 7.89. The first-order valence-electron chi connectivity index (χ1n) is 10.2. The molecule has 33 heavy (non-hydrogen) atoms. The molecule has 0 aromatic heterocycles. The largest absolute Gasteiger partial charge is 0.325 e. The van der Waals surface area contributed by atoms with Crippen molar-refractivity contribution >= 4 is 45.2 Å². The number of benzene rings is 2. The van der Waals surface area contributed by atoms with Crippen molar-refractivity contribution in [3.05, 3.63) is 58.6 Å². The molecule has 11 heteroatoms. The first-order chi connectivity index (χ1) is 15.4. The minimum Gasteiger partial charge on any atom is -0.324 e. The molecule has 3 rings (SSSR count). The van der Waals surface area contributed by atoms with Crippen molar-refractivity contribution in [2.45, 2.75) is 30.7 Å². The Bertz CT molecular complexity index is 1210. The smallest absolute Gasteiger partial charge is 0.324 e. The van der Waals surface area contributed by atoms with E-state index < -0.39 is 40.0 Å². The maximum atomic E-state index is 13.2. The average Bonchev–Trinajstić information content (AvgIpc) is 3.00. The van der Waals surface area contributed by atoms with Gasteiger partial charge in [0.1, 0.15) is 12.1 Å². The Kier molecular flexibility index (Phi) is 6.83. The fraction of sp³-hybridized carbons (Fsp3) is 0.318. The van der Waals surface area contributed by atoms with E-state index in [0.29, 0.717) is 16.1 Å². The molecule has 0 saturated carbocycles. The van der Waals surface area contributed by atoms with Gasteiger partial charge in [-0.15, -0.1) is 0 Å². The molecule has 1 heterocycles. The number of nitrogens with zero attached hydrogens (tertiary/aromatic N) is 2. The molecule has 9 nitrogen and oxygen atoms in total. The molecule has 2 aromatic carbocycles. The third-order valence-corrected chi connectivity index (χ3v) is 7.67. The Hall–Kier alpha value is -2.95. The first kappa shape index (κ1) is 24.7. The van der Waals surface area contributed by atoms with E-state index in [1.807, 2.05) is 0 Å². The van der Waals surface area contributed by atoms with E-state index in [1.54, 1.807) is 44.2 Å². The number of nitrogens with one attached hydrogen (secondary N) is 2. The van der Waals surface area contributed by atoms with Crippen LogP contribution in [0.5, 0.6) is 0 Å². The molecule has 0 spiro atoms. The van der Waals surface area contributed by atoms with Crippen molar-refractivity contribution in [3.63, 3.8) is 0 Å². The van der Waals surface area contributed by atoms with Crippen LogP contribution in [0.2, 0.25) is 5.02 Å². The lowest BCUT2D eigenvalue weighted by Crippen LogP contribution is -2.44. The van der Waals surface area contributed by atoms with Gasteiger partial charge in [-0.3, -0.25) is 14.5 Å². The Morgan fingerprint density at radius 3 is 2.36 bits per heavy atom. The molecule has 0 bridgehead atoms. The number of aryl methyl sites for hydroxylation is 1. The number of carbonyl (C=O) groups excluding carboxylic acids is 3. The van der Waals surface area contributed by atoms with E-state index in [9.17, 15) is 22.8 Å². The van der Waals surface area contributed by atoms with Crippen LogP contribution in [0.25, 0.3) is 0 Å². The summed E-state index contributed by atoms with van der Waals surface area (Å²) in [5.41, 5.74) is 0.169. The van der Waals surface area contributed by atoms with Crippen LogP contribution in [0.1, 0.15) is 24.5 Å². The number of anilines is 1. The highest BCUT2D eigenvalue weighted by atomic mass is 35.5. The summed E-state index contributed by atoms with van der Waals surface area (Å²) in [7, 11) is -0.884. The van der Waals surface area contributed by atoms with Gasteiger partial charge in [0.05, 0.1) is 4.90 Å². The average molecular weight is 493 g/mol. The van der Waals surface area contributed by atoms with Gasteiger partial charge >= 0.3 is 6.03 Å². The molecule has 0 radical (unpaired) electrons. The number of imide groups is 1. The predicted octanol–water partition coefficient (Wildman–Crippen LogP) is 2.69. The van der Waals surface area contributed by atoms with Gasteiger partial charge in [-0.1, -0.05) is 36.7 Å². The maximum Gasteiger partial charge on any atom is 0.325 e. The Morgan fingerprint density at radius 2 is 1.79 bits per heavy atom. The van der Waals surface area contributed by atoms with Crippen LogP contribution < -0.4 is 10.6 Å². The van der Waals surface area contributed by atoms with E-state index in [2.05, 4.69) is 10.6 Å². The predicted molar refractivity (Wildman–Crippen MR) is 124 cm³/mol. The molecule has 176 valence electrons. The normalized spacial score (nSPS) is 18.5. The van der Waals surface area contributed by atoms with E-state index in [1.165, 1.54) is 26.2 Å². The number of carbonyl (C=O) groups is 3. The minimum atomic E-state index is -3.70. The second-order valence-corrected chi connectivity index (χ2v) is 10.5. The molecule has 0 unspecified atom stereocenters. The summed E-state index contributed by atoms with van der Waals surface area (Å²) in [5, 5.41) is 5.81. The van der Waals surface area contributed by atoms with Crippen molar-refractivity contribution in [2.75, 3.05) is 26.0 Å². The van der Waals surface area contributed by atoms with Crippen LogP contribution >= 0.6 is 11.6 Å². The molecule has 1 fully saturated rings. The number of rotatable bonds is 7. The summed E-state index contributed by atoms with van der Waals surface area (Å²) in [6.07, 6.45) is 0.279. The molecular formula is C22H25ClN4O5S. The molecule has 1 saturated heterocycles. The SMILES string of the molecule is CC[C@@]1(c2ccc(Cl)cc2)NC(=O)N(CC(=O)Nc2cc(S(=O)(=O)N(C)C)ccc2C)C1=O. The number of halogens is 1. The van der Waals surface area contributed by atoms with Crippen LogP contribution in [-0.2, 0) is 25.2 Å². The molecule has 1 aliphatic heterocycles. The number of urea groups is 1. The fourth-order valence-electron chi connectivity index (χ4n) is 3.58. The van der Waals surface area contributed by atoms with E-state index in [0.717, 1.165) is 9.21 Å². The Morgan fingerprint density at radius 1 is 1.15 bits per heavy atom. The van der Waals surface area contributed by atoms with Gasteiger partial charge in [0, 0.05) is 24.8 Å². The lowest BCUT2D eigenvalue weighted by atomic mass is 9.87. The Balaban J connectivity index is 1.82. The summed E-state index contributed by atoms with van der Waals surface area (Å²) in [4.78, 5) is 39.4. The highest BCUT2D eigenvalue weighted by Crippen LogP contribution is 2.33. The second kappa shape index (κ2) is 9.12. The van der Waals surface area contributed by atoms with Crippen LogP contribution in [0, 0.1) is 6.92 Å². The molecule has 0 aliphatic carbocycles. The summed E-state index contributed by atoms with van der Waals surface area (Å²) >= 11 is 5.94. The third kappa shape index (κ3) is 4.59. The highest BCUT2D eigenvalue weighted by Gasteiger charge is 2.51. The van der Waals surface area contributed by atoms with Crippen molar-refractivity contribution in [1.29, 1.82) is 0 Å². The van der Waals surface area contributed by atoms with Gasteiger partial charge in [-0.05, 0) is 48.7 Å². The summed E-state index contributed by atoms with van der Waals surface area (Å²) < 4.78 is 25.9. The van der Waals surface area contributed by atoms with Crippen LogP contribution in [0.4, 0.5) is 10.5 Å². The number of hydrogen-bond donors (Lipinski definition) is 2. The monoisotopic (exact) mass is 492 g/mol. The van der Waals surface area contributed by atoms with Gasteiger partial charge in [0.2, 0.25) is 15.9 Å². The summed E-state index contributed by atoms with van der Waals surface area (Å²) in [6.45, 7) is 2.94. The van der Waals surface area contributed by atoms with Gasteiger partial charge < -0.3 is 10.6 Å². The lowest BCUT2D eigenvalue weighted by molar-refractivity contribution is -0.134. The minimum absolute atomic E-state index is 0.0103. The van der Waals surface area contributed by atoms with Crippen molar-refractivity contribution in [3.8, 4) is 0 Å². The molecule has 2 aromatic rings. The van der Waals surface area contributed by atoms with E-state index >= 15 is 0 Å². The zero-order valence-electron chi connectivity index (χ0n) is 18.7. The third-order valence-electron chi connectivity index (χ3n) is 5.61. The lowest BCUT2D eigenvalue weighted by Gasteiger charge is -2.25. The van der Waals surface area contributed by atoms with Crippen LogP contribution in [-0.4, -0.2) is 56.1 Å². The number of sulfonamides is 1. The molecule has 1 atom stereocenters. The van der Waals surface area contributed by atoms with Gasteiger partial charge in [-0.2, -0.15) is 0 Å². The van der Waals surface area contributed by atoms with Gasteiger partial charge in [0.15, 0.2) is 0 Å². The van der Waals surface area contributed by atoms with Gasteiger partial charge in [-0.25, -0.2) is 17.5 Å². The zero-order valence-corrected chi connectivity index (χ0v) is 20.2. The number of amides is 4. The first-order valence-corrected chi connectivity index (χ1v) is 12.0. The topological polar surface area (TPSA) is 116 Å². The van der Waals surface area contributed by atoms with Gasteiger partial charge in [0.25, 0.3) is 5.91 Å². The number of hydrogen-bond acceptors (Lipinski definition) is 5. The van der Waals surface area contributed by atoms with Crippen molar-refractivity contribution < 1.29 is 22.8 Å². The molecule has 4 amide bonds. The fourth-order valence-corrected chi connectivity index (χ4v) is 4.64. The standard InChI is InChI=1S/C22H25ClN4O5S/c1-5-22(15-7-9-16(23)10-8-15)20(29)27(21(30)25-22)13-19(28)24-18-12-17(11-6-14(18)2)33(31,32)26(3)4/h6-12H,5,13H2,1-4H3,(H,24,28)(H,25,30)/t22-/m0/s1. The van der Waals surface area contributed by atoms with Crippen LogP contribution in [0.15, 0.2) is 47.4 Å². The van der Waals surface area contributed by atoms with Crippen LogP contribution in [0.3, 0.4) is 0 Å². The summed E-state index contributed by atoms with van der Waals surface area (Å²) in [5.74, 6) is -1.18. The molecule has 1 aliphatic rings. The Labute approximate surface area is 197 Å². The van der Waals surface area contributed by atoms with Crippen molar-refractivity contribution in [2.24, 2.45) is 0 Å². The molecule has 2 N–H and O–H groups in total. The second-order valence-electron chi connectivity index (χ2n) is 7.90. The van der Waals surface area contributed by atoms with E-state index in [4.69, 9.17) is 11.6 Å². The quantitative estimate of drug-likeness (QED) is 0.576. The maximum absolute atomic E-state index is 13.2. The van der Waals surface area contributed by atoms with Crippen molar-refractivity contribution in [1.82, 2.24) is 14.5 Å². The summed E-state index contributed by atoms with van der Waals surface area (Å²) in [6, 6.07) is 10.2. The molecular weight excluding hydrogens is 468 g/mol. The van der Waals surface area contributed by atoms with E-state index in [-0.39, 0.29) is 17.0 Å².